The maximum absolute atomic E-state index is 10.5. The number of hydrogen-bond donors (Lipinski definition) is 1. The first-order chi connectivity index (χ1) is 11.3. The number of hydrogen-bond acceptors (Lipinski definition) is 3. The zero-order chi connectivity index (χ0) is 19.2. The lowest BCUT2D eigenvalue weighted by Gasteiger charge is -2.38. The normalized spacial score (nSPS) is 11.6. The average molecular weight is 346 g/mol. The minimum absolute atomic E-state index is 0.0567. The van der Waals surface area contributed by atoms with E-state index >= 15 is 0 Å². The van der Waals surface area contributed by atoms with Gasteiger partial charge in [0.05, 0.1) is 32.1 Å². The molecule has 1 N–H and O–H groups in total. The molecule has 0 radical (unpaired) electrons. The predicted octanol–water partition coefficient (Wildman–Crippen LogP) is 3.07. The van der Waals surface area contributed by atoms with E-state index in [9.17, 15) is 14.7 Å². The molecule has 144 valence electrons. The Bertz CT molecular complexity index is 306. The van der Waals surface area contributed by atoms with Gasteiger partial charge in [0.15, 0.2) is 0 Å². The van der Waals surface area contributed by atoms with Gasteiger partial charge < -0.3 is 19.5 Å². The van der Waals surface area contributed by atoms with Crippen LogP contribution in [0.3, 0.4) is 0 Å². The van der Waals surface area contributed by atoms with Gasteiger partial charge in [0, 0.05) is 0 Å². The van der Waals surface area contributed by atoms with Crippen LogP contribution in [-0.4, -0.2) is 47.7 Å². The van der Waals surface area contributed by atoms with E-state index in [1.165, 1.54) is 70.2 Å². The molecule has 5 heteroatoms. The minimum Gasteiger partial charge on any atom is -0.549 e. The minimum atomic E-state index is -1.69. The van der Waals surface area contributed by atoms with Crippen molar-refractivity contribution in [2.45, 2.75) is 80.1 Å². The van der Waals surface area contributed by atoms with Crippen LogP contribution in [0.1, 0.15) is 80.1 Å². The highest BCUT2D eigenvalue weighted by Gasteiger charge is 2.36. The van der Waals surface area contributed by atoms with Crippen molar-refractivity contribution >= 4 is 11.9 Å². The zero-order valence-corrected chi connectivity index (χ0v) is 16.7. The molecule has 0 unspecified atom stereocenters. The second-order valence-electron chi connectivity index (χ2n) is 6.62. The maximum Gasteiger partial charge on any atom is 0.315 e. The quantitative estimate of drug-likeness (QED) is 0.435. The predicted molar refractivity (Wildman–Crippen MR) is 96.6 cm³/mol. The van der Waals surface area contributed by atoms with Gasteiger partial charge in [0.2, 0.25) is 0 Å². The Hall–Kier alpha value is -1.10. The van der Waals surface area contributed by atoms with Crippen LogP contribution in [0.15, 0.2) is 0 Å². The molecule has 0 amide bonds. The summed E-state index contributed by atoms with van der Waals surface area (Å²) in [6.45, 7) is 17.8. The molecule has 0 aromatic heterocycles. The Morgan fingerprint density at radius 2 is 1.08 bits per heavy atom. The molecular weight excluding hydrogens is 306 g/mol. The van der Waals surface area contributed by atoms with Gasteiger partial charge in [0.25, 0.3) is 0 Å². The molecular formula is C19H39NO4. The first-order valence-electron chi connectivity index (χ1n) is 9.55. The van der Waals surface area contributed by atoms with Crippen LogP contribution in [0.2, 0.25) is 0 Å². The number of carboxylic acids is 2. The van der Waals surface area contributed by atoms with Crippen molar-refractivity contribution in [2.75, 3.05) is 26.2 Å². The zero-order valence-electron chi connectivity index (χ0n) is 16.7. The topological polar surface area (TPSA) is 77.4 Å². The van der Waals surface area contributed by atoms with Crippen LogP contribution in [0.5, 0.6) is 0 Å². The van der Waals surface area contributed by atoms with Crippen molar-refractivity contribution in [1.82, 2.24) is 0 Å². The Balaban J connectivity index is 0. The summed E-state index contributed by atoms with van der Waals surface area (Å²) in [6.07, 6.45) is 5.45. The molecule has 0 saturated heterocycles. The highest BCUT2D eigenvalue weighted by atomic mass is 16.4. The molecule has 5 nitrogen and oxygen atoms in total. The molecule has 0 aromatic carbocycles. The molecule has 0 rings (SSSR count). The Kier molecular flexibility index (Phi) is 13.9. The third-order valence-corrected chi connectivity index (χ3v) is 4.80. The first-order valence-corrected chi connectivity index (χ1v) is 9.55. The third-order valence-electron chi connectivity index (χ3n) is 4.80. The van der Waals surface area contributed by atoms with E-state index in [1.807, 2.05) is 0 Å². The van der Waals surface area contributed by atoms with E-state index in [1.54, 1.807) is 0 Å². The summed E-state index contributed by atoms with van der Waals surface area (Å²) in [5.74, 6) is -2.82. The molecule has 0 aliphatic carbocycles. The largest absolute Gasteiger partial charge is 0.549 e. The van der Waals surface area contributed by atoms with E-state index in [0.29, 0.717) is 0 Å². The van der Waals surface area contributed by atoms with Crippen LogP contribution >= 0.6 is 0 Å². The standard InChI is InChI=1S/C12H28N.C7H12O4/c1-5-9-13(10-6-2,11-7-3)12-8-4;1-3-7(4-2,5(8)9)6(10)11/h5-12H2,1-4H3;3-4H2,1-2H3,(H,8,9)(H,10,11)/q+1;/p-1. The fourth-order valence-corrected chi connectivity index (χ4v) is 3.50. The van der Waals surface area contributed by atoms with Crippen LogP contribution in [0.4, 0.5) is 0 Å². The molecule has 0 fully saturated rings. The summed E-state index contributed by atoms with van der Waals surface area (Å²) in [5, 5.41) is 19.0. The lowest BCUT2D eigenvalue weighted by Crippen LogP contribution is -2.50. The van der Waals surface area contributed by atoms with Gasteiger partial charge in [-0.25, -0.2) is 0 Å². The van der Waals surface area contributed by atoms with Crippen LogP contribution < -0.4 is 5.11 Å². The maximum atomic E-state index is 10.5. The van der Waals surface area contributed by atoms with Gasteiger partial charge in [-0.1, -0.05) is 41.5 Å². The third kappa shape index (κ3) is 7.65. The number of carbonyl (C=O) groups excluding carboxylic acids is 1. The summed E-state index contributed by atoms with van der Waals surface area (Å²) in [7, 11) is 0. The first kappa shape index (κ1) is 25.1. The Labute approximate surface area is 148 Å². The SMILES string of the molecule is CCC(CC)(C(=O)[O-])C(=O)O.CCC[N+](CCC)(CCC)CCC. The van der Waals surface area contributed by atoms with Crippen molar-refractivity contribution in [3.63, 3.8) is 0 Å². The van der Waals surface area contributed by atoms with Gasteiger partial charge in [-0.05, 0) is 38.5 Å². The fraction of sp³-hybridized carbons (Fsp3) is 0.895. The van der Waals surface area contributed by atoms with Crippen LogP contribution in [0.25, 0.3) is 0 Å². The van der Waals surface area contributed by atoms with Crippen LogP contribution in [0, 0.1) is 5.41 Å². The highest BCUT2D eigenvalue weighted by molar-refractivity contribution is 5.97. The molecule has 0 aromatic rings. The monoisotopic (exact) mass is 345 g/mol. The summed E-state index contributed by atoms with van der Waals surface area (Å²) in [5.41, 5.74) is -1.69. The van der Waals surface area contributed by atoms with Gasteiger partial charge in [-0.3, -0.25) is 4.79 Å². The summed E-state index contributed by atoms with van der Waals surface area (Å²) in [4.78, 5) is 20.9. The Morgan fingerprint density at radius 3 is 1.17 bits per heavy atom. The summed E-state index contributed by atoms with van der Waals surface area (Å²) >= 11 is 0. The lowest BCUT2D eigenvalue weighted by molar-refractivity contribution is -0.928. The fourth-order valence-electron chi connectivity index (χ4n) is 3.50. The van der Waals surface area contributed by atoms with Gasteiger partial charge in [-0.15, -0.1) is 0 Å². The smallest absolute Gasteiger partial charge is 0.315 e. The number of rotatable bonds is 12. The van der Waals surface area contributed by atoms with Crippen molar-refractivity contribution in [2.24, 2.45) is 5.41 Å². The van der Waals surface area contributed by atoms with Gasteiger partial charge >= 0.3 is 5.97 Å². The van der Waals surface area contributed by atoms with Gasteiger partial charge in [0.1, 0.15) is 5.41 Å². The van der Waals surface area contributed by atoms with Crippen LogP contribution in [-0.2, 0) is 9.59 Å². The van der Waals surface area contributed by atoms with Gasteiger partial charge in [-0.2, -0.15) is 0 Å². The molecule has 0 atom stereocenters. The van der Waals surface area contributed by atoms with Crippen molar-refractivity contribution in [3.8, 4) is 0 Å². The second-order valence-corrected chi connectivity index (χ2v) is 6.62. The highest BCUT2D eigenvalue weighted by Crippen LogP contribution is 2.25. The molecule has 0 heterocycles. The summed E-state index contributed by atoms with van der Waals surface area (Å²) in [6, 6.07) is 0. The van der Waals surface area contributed by atoms with E-state index in [0.717, 1.165) is 0 Å². The second kappa shape index (κ2) is 13.2. The summed E-state index contributed by atoms with van der Waals surface area (Å²) < 4.78 is 1.38. The Morgan fingerprint density at radius 1 is 0.792 bits per heavy atom. The molecule has 0 aliphatic heterocycles. The molecule has 24 heavy (non-hydrogen) atoms. The number of carboxylic acid groups (broad SMARTS) is 2. The van der Waals surface area contributed by atoms with Crippen molar-refractivity contribution in [1.29, 1.82) is 0 Å². The molecule has 0 saturated carbocycles. The molecule has 0 aliphatic rings. The molecule has 0 bridgehead atoms. The average Bonchev–Trinajstić information content (AvgIpc) is 2.50. The molecule has 0 spiro atoms. The number of aliphatic carboxylic acids is 2. The van der Waals surface area contributed by atoms with E-state index < -0.39 is 17.4 Å². The van der Waals surface area contributed by atoms with E-state index in [2.05, 4.69) is 27.7 Å². The number of quaternary nitrogens is 1. The number of carbonyl (C=O) groups is 2. The number of nitrogens with zero attached hydrogens (tertiary/aromatic N) is 1. The van der Waals surface area contributed by atoms with E-state index in [-0.39, 0.29) is 12.8 Å². The van der Waals surface area contributed by atoms with Crippen molar-refractivity contribution < 1.29 is 24.3 Å². The lowest BCUT2D eigenvalue weighted by atomic mass is 9.83. The van der Waals surface area contributed by atoms with E-state index in [4.69, 9.17) is 5.11 Å². The van der Waals surface area contributed by atoms with Crippen molar-refractivity contribution in [3.05, 3.63) is 0 Å².